The van der Waals surface area contributed by atoms with Crippen molar-refractivity contribution in [1.82, 2.24) is 20.1 Å². The van der Waals surface area contributed by atoms with Gasteiger partial charge >= 0.3 is 0 Å². The number of aromatic nitrogens is 3. The average molecular weight is 341 g/mol. The van der Waals surface area contributed by atoms with Crippen molar-refractivity contribution in [3.63, 3.8) is 0 Å². The molecule has 0 saturated carbocycles. The zero-order chi connectivity index (χ0) is 14.5. The van der Waals surface area contributed by atoms with Crippen molar-refractivity contribution in [3.05, 3.63) is 46.2 Å². The van der Waals surface area contributed by atoms with Crippen molar-refractivity contribution in [2.75, 3.05) is 6.54 Å². The van der Waals surface area contributed by atoms with E-state index in [1.54, 1.807) is 12.4 Å². The number of aryl methyl sites for hydroxylation is 1. The maximum atomic E-state index is 13.6. The fourth-order valence-electron chi connectivity index (χ4n) is 2.22. The molecule has 0 fully saturated rings. The van der Waals surface area contributed by atoms with Gasteiger partial charge in [0.1, 0.15) is 18.0 Å². The monoisotopic (exact) mass is 340 g/mol. The minimum atomic E-state index is -0.241. The van der Waals surface area contributed by atoms with Gasteiger partial charge in [-0.1, -0.05) is 22.9 Å². The molecule has 1 aromatic heterocycles. The van der Waals surface area contributed by atoms with Crippen LogP contribution in [0.5, 0.6) is 0 Å². The van der Waals surface area contributed by atoms with Crippen LogP contribution < -0.4 is 5.32 Å². The van der Waals surface area contributed by atoms with E-state index in [1.807, 2.05) is 24.6 Å². The number of rotatable bonds is 6. The zero-order valence-corrected chi connectivity index (χ0v) is 13.2. The van der Waals surface area contributed by atoms with Crippen LogP contribution in [0.1, 0.15) is 31.3 Å². The molecule has 0 amide bonds. The molecule has 0 radical (unpaired) electrons. The smallest absolute Gasteiger partial charge is 0.138 e. The summed E-state index contributed by atoms with van der Waals surface area (Å²) in [5.41, 5.74) is 0.907. The van der Waals surface area contributed by atoms with Crippen molar-refractivity contribution >= 4 is 15.9 Å². The van der Waals surface area contributed by atoms with E-state index >= 15 is 0 Å². The van der Waals surface area contributed by atoms with E-state index in [4.69, 9.17) is 0 Å². The molecular formula is C14H18BrFN4. The summed E-state index contributed by atoms with van der Waals surface area (Å²) in [5.74, 6) is 0.660. The Morgan fingerprint density at radius 3 is 2.80 bits per heavy atom. The first kappa shape index (κ1) is 15.1. The van der Waals surface area contributed by atoms with Crippen molar-refractivity contribution in [2.45, 2.75) is 32.9 Å². The molecule has 1 atom stereocenters. The summed E-state index contributed by atoms with van der Waals surface area (Å²) in [6, 6.07) is 4.97. The minimum absolute atomic E-state index is 0.0153. The van der Waals surface area contributed by atoms with Gasteiger partial charge in [-0.05, 0) is 37.2 Å². The fourth-order valence-corrected chi connectivity index (χ4v) is 2.71. The second kappa shape index (κ2) is 6.95. The van der Waals surface area contributed by atoms with Crippen LogP contribution in [0.4, 0.5) is 4.39 Å². The summed E-state index contributed by atoms with van der Waals surface area (Å²) in [6.07, 6.45) is 2.24. The van der Waals surface area contributed by atoms with Gasteiger partial charge in [-0.25, -0.2) is 9.37 Å². The normalized spacial score (nSPS) is 12.6. The number of likely N-dealkylation sites (N-methyl/N-ethyl adjacent to an activating group) is 1. The lowest BCUT2D eigenvalue weighted by atomic mass is 10.0. The Morgan fingerprint density at radius 2 is 2.15 bits per heavy atom. The largest absolute Gasteiger partial charge is 0.310 e. The summed E-state index contributed by atoms with van der Waals surface area (Å²) in [7, 11) is 0. The van der Waals surface area contributed by atoms with Crippen LogP contribution >= 0.6 is 15.9 Å². The number of hydrogen-bond donors (Lipinski definition) is 1. The highest BCUT2D eigenvalue weighted by atomic mass is 79.9. The Balaban J connectivity index is 2.26. The number of benzene rings is 1. The lowest BCUT2D eigenvalue weighted by Crippen LogP contribution is -2.24. The second-order valence-corrected chi connectivity index (χ2v) is 5.42. The molecule has 0 aliphatic carbocycles. The molecule has 2 aromatic rings. The Labute approximate surface area is 126 Å². The topological polar surface area (TPSA) is 42.7 Å². The van der Waals surface area contributed by atoms with E-state index in [-0.39, 0.29) is 11.9 Å². The third-order valence-electron chi connectivity index (χ3n) is 3.12. The van der Waals surface area contributed by atoms with Crippen LogP contribution in [-0.2, 0) is 13.0 Å². The highest BCUT2D eigenvalue weighted by molar-refractivity contribution is 9.10. The summed E-state index contributed by atoms with van der Waals surface area (Å²) < 4.78 is 16.2. The molecule has 4 nitrogen and oxygen atoms in total. The van der Waals surface area contributed by atoms with Gasteiger partial charge in [0.2, 0.25) is 0 Å². The van der Waals surface area contributed by atoms with Crippen LogP contribution in [0.2, 0.25) is 0 Å². The third kappa shape index (κ3) is 3.64. The van der Waals surface area contributed by atoms with Gasteiger partial charge in [0, 0.05) is 23.5 Å². The Morgan fingerprint density at radius 1 is 1.35 bits per heavy atom. The second-order valence-electron chi connectivity index (χ2n) is 4.51. The lowest BCUT2D eigenvalue weighted by Gasteiger charge is -2.18. The van der Waals surface area contributed by atoms with Gasteiger partial charge in [0.05, 0.1) is 0 Å². The highest BCUT2D eigenvalue weighted by Gasteiger charge is 2.16. The standard InChI is InChI=1S/C14H18BrFN4/c1-3-17-13(8-14-18-9-19-20(14)4-2)10-5-11(15)7-12(16)6-10/h5-7,9,13,17H,3-4,8H2,1-2H3. The molecule has 0 bridgehead atoms. The van der Waals surface area contributed by atoms with Crippen LogP contribution in [0.15, 0.2) is 29.0 Å². The molecule has 0 aliphatic heterocycles. The van der Waals surface area contributed by atoms with Crippen molar-refractivity contribution in [1.29, 1.82) is 0 Å². The molecule has 1 aromatic carbocycles. The molecule has 6 heteroatoms. The summed E-state index contributed by atoms with van der Waals surface area (Å²) >= 11 is 3.34. The molecule has 0 aliphatic rings. The van der Waals surface area contributed by atoms with Gasteiger partial charge in [0.25, 0.3) is 0 Å². The maximum Gasteiger partial charge on any atom is 0.138 e. The van der Waals surface area contributed by atoms with Gasteiger partial charge in [0.15, 0.2) is 0 Å². The zero-order valence-electron chi connectivity index (χ0n) is 11.6. The van der Waals surface area contributed by atoms with Crippen LogP contribution in [0, 0.1) is 5.82 Å². The molecule has 2 rings (SSSR count). The molecule has 1 heterocycles. The van der Waals surface area contributed by atoms with E-state index < -0.39 is 0 Å². The van der Waals surface area contributed by atoms with Crippen LogP contribution in [0.25, 0.3) is 0 Å². The highest BCUT2D eigenvalue weighted by Crippen LogP contribution is 2.23. The molecule has 1 N–H and O–H groups in total. The molecule has 20 heavy (non-hydrogen) atoms. The Bertz CT molecular complexity index is 550. The summed E-state index contributed by atoms with van der Waals surface area (Å²) in [5, 5.41) is 7.55. The maximum absolute atomic E-state index is 13.6. The summed E-state index contributed by atoms with van der Waals surface area (Å²) in [4.78, 5) is 4.29. The van der Waals surface area contributed by atoms with Crippen molar-refractivity contribution < 1.29 is 4.39 Å². The third-order valence-corrected chi connectivity index (χ3v) is 3.58. The predicted octanol–water partition coefficient (Wildman–Crippen LogP) is 3.09. The predicted molar refractivity (Wildman–Crippen MR) is 79.9 cm³/mol. The van der Waals surface area contributed by atoms with E-state index in [9.17, 15) is 4.39 Å². The molecule has 0 saturated heterocycles. The Kier molecular flexibility index (Phi) is 5.25. The number of halogens is 2. The number of hydrogen-bond acceptors (Lipinski definition) is 3. The van der Waals surface area contributed by atoms with Crippen LogP contribution in [0.3, 0.4) is 0 Å². The first-order chi connectivity index (χ1) is 9.63. The first-order valence-electron chi connectivity index (χ1n) is 6.70. The molecule has 108 valence electrons. The average Bonchev–Trinajstić information content (AvgIpc) is 2.84. The van der Waals surface area contributed by atoms with E-state index in [0.717, 1.165) is 29.0 Å². The van der Waals surface area contributed by atoms with Gasteiger partial charge in [-0.2, -0.15) is 5.10 Å². The minimum Gasteiger partial charge on any atom is -0.310 e. The van der Waals surface area contributed by atoms with Crippen molar-refractivity contribution in [3.8, 4) is 0 Å². The molecular weight excluding hydrogens is 323 g/mol. The quantitative estimate of drug-likeness (QED) is 0.878. The number of nitrogens with zero attached hydrogens (tertiary/aromatic N) is 3. The van der Waals surface area contributed by atoms with E-state index in [0.29, 0.717) is 6.42 Å². The fraction of sp³-hybridized carbons (Fsp3) is 0.429. The summed E-state index contributed by atoms with van der Waals surface area (Å²) in [6.45, 7) is 5.64. The SMILES string of the molecule is CCNC(Cc1ncnn1CC)c1cc(F)cc(Br)c1. The van der Waals surface area contributed by atoms with Gasteiger partial charge in [-0.15, -0.1) is 0 Å². The van der Waals surface area contributed by atoms with E-state index in [2.05, 4.69) is 31.3 Å². The van der Waals surface area contributed by atoms with E-state index in [1.165, 1.54) is 6.07 Å². The van der Waals surface area contributed by atoms with Gasteiger partial charge in [-0.3, -0.25) is 4.68 Å². The Hall–Kier alpha value is -1.27. The molecule has 0 spiro atoms. The van der Waals surface area contributed by atoms with Crippen molar-refractivity contribution in [2.24, 2.45) is 0 Å². The first-order valence-corrected chi connectivity index (χ1v) is 7.49. The number of nitrogens with one attached hydrogen (secondary N) is 1. The van der Waals surface area contributed by atoms with Gasteiger partial charge < -0.3 is 5.32 Å². The molecule has 1 unspecified atom stereocenters. The van der Waals surface area contributed by atoms with Crippen LogP contribution in [-0.4, -0.2) is 21.3 Å². The lowest BCUT2D eigenvalue weighted by molar-refractivity contribution is 0.506.